The number of H-pyrrole nitrogens is 1. The number of para-hydroxylation sites is 2. The average Bonchev–Trinajstić information content (AvgIpc) is 3.48. The second-order valence-electron chi connectivity index (χ2n) is 14.3. The molecule has 6 heteroatoms. The lowest BCUT2D eigenvalue weighted by atomic mass is 9.43. The van der Waals surface area contributed by atoms with Gasteiger partial charge >= 0.3 is 11.9 Å². The number of hydrogen-bond donors (Lipinski definition) is 1. The van der Waals surface area contributed by atoms with Crippen molar-refractivity contribution in [3.05, 3.63) is 30.1 Å². The van der Waals surface area contributed by atoms with Gasteiger partial charge in [-0.2, -0.15) is 0 Å². The lowest BCUT2D eigenvalue weighted by molar-refractivity contribution is -0.197. The minimum atomic E-state index is -0.182. The van der Waals surface area contributed by atoms with Gasteiger partial charge in [-0.1, -0.05) is 32.9 Å². The molecule has 40 heavy (non-hydrogen) atoms. The fourth-order valence-electron chi connectivity index (χ4n) is 10.5. The zero-order chi connectivity index (χ0) is 28.2. The summed E-state index contributed by atoms with van der Waals surface area (Å²) in [6.45, 7) is 10.6. The lowest BCUT2D eigenvalue weighted by Gasteiger charge is -2.62. The Labute approximate surface area is 239 Å². The number of aryl methyl sites for hydroxylation is 1. The van der Waals surface area contributed by atoms with Crippen molar-refractivity contribution in [2.45, 2.75) is 111 Å². The molecule has 4 saturated carbocycles. The highest BCUT2D eigenvalue weighted by atomic mass is 16.5. The number of carbonyl (C=O) groups excluding carboxylic acids is 2. The highest BCUT2D eigenvalue weighted by Crippen LogP contribution is 2.68. The van der Waals surface area contributed by atoms with E-state index in [1.54, 1.807) is 6.92 Å². The van der Waals surface area contributed by atoms with Crippen molar-refractivity contribution in [2.24, 2.45) is 46.3 Å². The minimum absolute atomic E-state index is 0.00224. The van der Waals surface area contributed by atoms with Gasteiger partial charge < -0.3 is 14.5 Å². The molecule has 0 saturated heterocycles. The summed E-state index contributed by atoms with van der Waals surface area (Å²) in [7, 11) is 0. The zero-order valence-corrected chi connectivity index (χ0v) is 25.1. The number of nitrogens with zero attached hydrogens (tertiary/aromatic N) is 1. The number of hydrogen-bond acceptors (Lipinski definition) is 5. The van der Waals surface area contributed by atoms with Gasteiger partial charge in [0.1, 0.15) is 18.0 Å². The van der Waals surface area contributed by atoms with Gasteiger partial charge in [0.2, 0.25) is 0 Å². The van der Waals surface area contributed by atoms with Crippen LogP contribution < -0.4 is 0 Å². The van der Waals surface area contributed by atoms with Crippen LogP contribution in [-0.4, -0.2) is 34.1 Å². The van der Waals surface area contributed by atoms with Gasteiger partial charge in [-0.05, 0) is 110 Å². The van der Waals surface area contributed by atoms with Crippen LogP contribution in [0.5, 0.6) is 0 Å². The number of rotatable bonds is 6. The Morgan fingerprint density at radius 2 is 1.70 bits per heavy atom. The van der Waals surface area contributed by atoms with E-state index >= 15 is 0 Å². The molecule has 6 nitrogen and oxygen atoms in total. The molecule has 0 aliphatic heterocycles. The molecule has 6 rings (SSSR count). The minimum Gasteiger partial charge on any atom is -0.463 e. The first-order valence-corrected chi connectivity index (χ1v) is 15.9. The number of benzene rings is 1. The predicted molar refractivity (Wildman–Crippen MR) is 155 cm³/mol. The normalized spacial score (nSPS) is 39.6. The molecule has 1 unspecified atom stereocenters. The summed E-state index contributed by atoms with van der Waals surface area (Å²) in [5, 5.41) is 0. The Morgan fingerprint density at radius 3 is 2.45 bits per heavy atom. The number of imidazole rings is 1. The molecule has 1 N–H and O–H groups in total. The van der Waals surface area contributed by atoms with E-state index in [9.17, 15) is 9.59 Å². The summed E-state index contributed by atoms with van der Waals surface area (Å²) < 4.78 is 11.9. The molecule has 0 bridgehead atoms. The third kappa shape index (κ3) is 4.77. The maximum Gasteiger partial charge on any atom is 0.302 e. The summed E-state index contributed by atoms with van der Waals surface area (Å²) >= 11 is 0. The number of ether oxygens (including phenoxy) is 2. The Morgan fingerprint density at radius 1 is 0.975 bits per heavy atom. The second kappa shape index (κ2) is 10.5. The van der Waals surface area contributed by atoms with Crippen LogP contribution in [0.3, 0.4) is 0 Å². The van der Waals surface area contributed by atoms with Gasteiger partial charge in [0.15, 0.2) is 0 Å². The van der Waals surface area contributed by atoms with Crippen LogP contribution >= 0.6 is 0 Å². The average molecular weight is 549 g/mol. The largest absolute Gasteiger partial charge is 0.463 e. The van der Waals surface area contributed by atoms with Gasteiger partial charge in [-0.25, -0.2) is 4.98 Å². The number of carbonyl (C=O) groups is 2. The monoisotopic (exact) mass is 548 g/mol. The molecular weight excluding hydrogens is 500 g/mol. The maximum absolute atomic E-state index is 12.4. The van der Waals surface area contributed by atoms with Crippen LogP contribution in [0, 0.1) is 46.3 Å². The Bertz CT molecular complexity index is 1220. The molecule has 4 aliphatic rings. The zero-order valence-electron chi connectivity index (χ0n) is 25.1. The van der Waals surface area contributed by atoms with E-state index in [1.165, 1.54) is 32.6 Å². The predicted octanol–water partition coefficient (Wildman–Crippen LogP) is 7.26. The molecule has 218 valence electrons. The smallest absolute Gasteiger partial charge is 0.302 e. The third-order valence-electron chi connectivity index (χ3n) is 12.3. The molecule has 0 spiro atoms. The number of esters is 2. The topological polar surface area (TPSA) is 81.3 Å². The lowest BCUT2D eigenvalue weighted by Crippen LogP contribution is -2.59. The van der Waals surface area contributed by atoms with Crippen molar-refractivity contribution < 1.29 is 19.1 Å². The van der Waals surface area contributed by atoms with Crippen molar-refractivity contribution in [1.82, 2.24) is 9.97 Å². The van der Waals surface area contributed by atoms with Crippen molar-refractivity contribution in [2.75, 3.05) is 0 Å². The summed E-state index contributed by atoms with van der Waals surface area (Å²) in [5.74, 6) is 4.10. The highest BCUT2D eigenvalue weighted by molar-refractivity contribution is 5.74. The van der Waals surface area contributed by atoms with E-state index in [-0.39, 0.29) is 35.0 Å². The molecular formula is C34H48N2O4. The fourth-order valence-corrected chi connectivity index (χ4v) is 10.5. The van der Waals surface area contributed by atoms with E-state index < -0.39 is 0 Å². The molecule has 1 heterocycles. The van der Waals surface area contributed by atoms with Crippen LogP contribution in [0.15, 0.2) is 24.3 Å². The van der Waals surface area contributed by atoms with Crippen LogP contribution in [0.1, 0.15) is 98.2 Å². The van der Waals surface area contributed by atoms with Gasteiger partial charge in [0.05, 0.1) is 11.0 Å². The van der Waals surface area contributed by atoms with Gasteiger partial charge in [-0.15, -0.1) is 0 Å². The Balaban J connectivity index is 1.20. The molecule has 1 aromatic carbocycles. The molecule has 0 amide bonds. The van der Waals surface area contributed by atoms with Crippen LogP contribution in [0.2, 0.25) is 0 Å². The fraction of sp³-hybridized carbons (Fsp3) is 0.735. The Kier molecular flexibility index (Phi) is 7.28. The van der Waals surface area contributed by atoms with Gasteiger partial charge in [-0.3, -0.25) is 9.59 Å². The van der Waals surface area contributed by atoms with E-state index in [1.807, 2.05) is 6.07 Å². The van der Waals surface area contributed by atoms with E-state index in [0.29, 0.717) is 35.5 Å². The Hall–Kier alpha value is -2.37. The first-order valence-electron chi connectivity index (χ1n) is 15.9. The van der Waals surface area contributed by atoms with Gasteiger partial charge in [0, 0.05) is 26.2 Å². The number of aromatic amines is 1. The van der Waals surface area contributed by atoms with E-state index in [2.05, 4.69) is 44.0 Å². The standard InChI is InChI=1S/C34H48N2O4/c1-20(10-13-31-35-28-8-6-7-9-29(28)36-31)25-11-12-26-32-27(15-17-34(25,26)5)33(4)16-14-24(39-21(2)37)18-23(33)19-30(32)40-22(3)38/h6-9,20,23-27,30,32H,10-19H2,1-5H3,(H,35,36)/t20-,23?,24-,25-,26+,27+,30-,32+,33+,34-/m1/s1. The molecule has 4 aliphatic carbocycles. The number of aromatic nitrogens is 2. The SMILES string of the molecule is CC(=O)O[C@@H]1CC[C@@]2(C)C(C1)C[C@@H](OC(C)=O)[C@H]1[C@@H]3CC[C@H]([C@H](C)CCc4nc5ccccc5[nH]4)[C@@]3(C)CC[C@@H]12. The molecule has 1 aromatic heterocycles. The third-order valence-corrected chi connectivity index (χ3v) is 12.3. The van der Waals surface area contributed by atoms with Gasteiger partial charge in [0.25, 0.3) is 0 Å². The summed E-state index contributed by atoms with van der Waals surface area (Å²) in [5.41, 5.74) is 2.69. The molecule has 10 atom stereocenters. The van der Waals surface area contributed by atoms with Crippen molar-refractivity contribution in [3.8, 4) is 0 Å². The quantitative estimate of drug-likeness (QED) is 0.384. The highest BCUT2D eigenvalue weighted by Gasteiger charge is 2.64. The van der Waals surface area contributed by atoms with Crippen LogP contribution in [-0.2, 0) is 25.5 Å². The summed E-state index contributed by atoms with van der Waals surface area (Å²) in [6, 6.07) is 8.30. The van der Waals surface area contributed by atoms with E-state index in [4.69, 9.17) is 14.5 Å². The first kappa shape index (κ1) is 27.8. The number of fused-ring (bicyclic) bond motifs is 6. The van der Waals surface area contributed by atoms with Crippen LogP contribution in [0.4, 0.5) is 0 Å². The van der Waals surface area contributed by atoms with Crippen molar-refractivity contribution >= 4 is 23.0 Å². The van der Waals surface area contributed by atoms with Crippen molar-refractivity contribution in [1.29, 1.82) is 0 Å². The molecule has 0 radical (unpaired) electrons. The summed E-state index contributed by atoms with van der Waals surface area (Å²) in [4.78, 5) is 32.4. The second-order valence-corrected chi connectivity index (χ2v) is 14.3. The van der Waals surface area contributed by atoms with Crippen molar-refractivity contribution in [3.63, 3.8) is 0 Å². The maximum atomic E-state index is 12.4. The molecule has 2 aromatic rings. The van der Waals surface area contributed by atoms with E-state index in [0.717, 1.165) is 55.4 Å². The summed E-state index contributed by atoms with van der Waals surface area (Å²) in [6.07, 6.45) is 11.0. The first-order chi connectivity index (χ1) is 19.1. The molecule has 4 fully saturated rings. The number of nitrogens with one attached hydrogen (secondary N) is 1. The van der Waals surface area contributed by atoms with Crippen LogP contribution in [0.25, 0.3) is 11.0 Å².